The number of para-hydroxylation sites is 1. The van der Waals surface area contributed by atoms with Crippen molar-refractivity contribution in [3.05, 3.63) is 163 Å². The number of ether oxygens (including phenoxy) is 1. The highest BCUT2D eigenvalue weighted by molar-refractivity contribution is 7.26. The normalized spacial score (nSPS) is 13.9. The van der Waals surface area contributed by atoms with Gasteiger partial charge in [0.2, 0.25) is 0 Å². The standard InChI is InChI=1S/C45H31NOS/c1-45(2)36-22-11-9-19-34(36)41-37(45)27-35(28-14-5-3-6-15-28)42-43(41)47-39-25-24-29(26-38(39)46(42)30-16-7-4-8-17-30)31-20-13-21-33-32-18-10-12-23-40(32)48-44(31)33/h3-27H,1-2H3. The van der Waals surface area contributed by atoms with Crippen molar-refractivity contribution in [2.24, 2.45) is 0 Å². The van der Waals surface area contributed by atoms with Crippen LogP contribution >= 0.6 is 11.3 Å². The molecule has 48 heavy (non-hydrogen) atoms. The van der Waals surface area contributed by atoms with Gasteiger partial charge in [-0.25, -0.2) is 0 Å². The van der Waals surface area contributed by atoms with Crippen LogP contribution in [0.25, 0.3) is 53.6 Å². The molecule has 3 heteroatoms. The van der Waals surface area contributed by atoms with Gasteiger partial charge in [0.25, 0.3) is 0 Å². The molecule has 0 unspecified atom stereocenters. The number of fused-ring (bicyclic) bond motifs is 9. The highest BCUT2D eigenvalue weighted by atomic mass is 32.1. The summed E-state index contributed by atoms with van der Waals surface area (Å²) in [4.78, 5) is 2.43. The number of thiophene rings is 1. The molecule has 2 nitrogen and oxygen atoms in total. The Morgan fingerprint density at radius 3 is 2.12 bits per heavy atom. The van der Waals surface area contributed by atoms with E-state index in [2.05, 4.69) is 170 Å². The molecular weight excluding hydrogens is 603 g/mol. The Hall–Kier alpha value is -5.64. The molecule has 0 N–H and O–H groups in total. The number of anilines is 3. The number of benzene rings is 7. The Morgan fingerprint density at radius 1 is 0.562 bits per heavy atom. The molecule has 0 atom stereocenters. The van der Waals surface area contributed by atoms with Crippen LogP contribution in [0.1, 0.15) is 25.0 Å². The highest BCUT2D eigenvalue weighted by Gasteiger charge is 2.42. The number of nitrogens with zero attached hydrogens (tertiary/aromatic N) is 1. The van der Waals surface area contributed by atoms with Crippen LogP contribution in [-0.2, 0) is 5.41 Å². The van der Waals surface area contributed by atoms with Gasteiger partial charge in [-0.2, -0.15) is 0 Å². The van der Waals surface area contributed by atoms with Crippen LogP contribution in [0.4, 0.5) is 17.1 Å². The van der Waals surface area contributed by atoms with Crippen LogP contribution in [0.3, 0.4) is 0 Å². The number of rotatable bonds is 3. The Morgan fingerprint density at radius 2 is 1.27 bits per heavy atom. The molecule has 8 aromatic rings. The van der Waals surface area contributed by atoms with Crippen molar-refractivity contribution in [2.45, 2.75) is 19.3 Å². The molecular formula is C45H31NOS. The zero-order chi connectivity index (χ0) is 32.0. The van der Waals surface area contributed by atoms with E-state index in [1.807, 2.05) is 11.3 Å². The average molecular weight is 634 g/mol. The van der Waals surface area contributed by atoms with E-state index in [4.69, 9.17) is 4.74 Å². The quantitative estimate of drug-likeness (QED) is 0.192. The summed E-state index contributed by atoms with van der Waals surface area (Å²) in [6.07, 6.45) is 0. The smallest absolute Gasteiger partial charge is 0.160 e. The van der Waals surface area contributed by atoms with Gasteiger partial charge < -0.3 is 9.64 Å². The molecule has 0 bridgehead atoms. The fourth-order valence-electron chi connectivity index (χ4n) is 7.95. The maximum absolute atomic E-state index is 7.17. The van der Waals surface area contributed by atoms with Crippen LogP contribution in [0.5, 0.6) is 11.5 Å². The lowest BCUT2D eigenvalue weighted by Crippen LogP contribution is -2.19. The van der Waals surface area contributed by atoms with E-state index in [1.54, 1.807) is 0 Å². The van der Waals surface area contributed by atoms with Gasteiger partial charge in [-0.1, -0.05) is 129 Å². The van der Waals surface area contributed by atoms with Crippen molar-refractivity contribution < 1.29 is 4.74 Å². The lowest BCUT2D eigenvalue weighted by atomic mass is 9.81. The van der Waals surface area contributed by atoms with Gasteiger partial charge in [0.15, 0.2) is 11.5 Å². The fraction of sp³-hybridized carbons (Fsp3) is 0.0667. The monoisotopic (exact) mass is 633 g/mol. The van der Waals surface area contributed by atoms with Gasteiger partial charge in [0.05, 0.1) is 11.4 Å². The molecule has 0 spiro atoms. The summed E-state index contributed by atoms with van der Waals surface area (Å²) in [6, 6.07) is 54.9. The summed E-state index contributed by atoms with van der Waals surface area (Å²) >= 11 is 1.87. The van der Waals surface area contributed by atoms with Gasteiger partial charge >= 0.3 is 0 Å². The van der Waals surface area contributed by atoms with E-state index >= 15 is 0 Å². The highest BCUT2D eigenvalue weighted by Crippen LogP contribution is 2.63. The zero-order valence-corrected chi connectivity index (χ0v) is 27.5. The summed E-state index contributed by atoms with van der Waals surface area (Å²) in [5, 5.41) is 2.61. The first-order valence-electron chi connectivity index (χ1n) is 16.5. The van der Waals surface area contributed by atoms with Crippen LogP contribution in [0, 0.1) is 0 Å². The lowest BCUT2D eigenvalue weighted by molar-refractivity contribution is 0.478. The van der Waals surface area contributed by atoms with E-state index in [9.17, 15) is 0 Å². The SMILES string of the molecule is CC1(C)c2ccccc2-c2c1cc(-c1ccccc1)c1c2Oc2ccc(-c3cccc4c3sc3ccccc34)cc2N1c1ccccc1. The van der Waals surface area contributed by atoms with Gasteiger partial charge in [-0.05, 0) is 69.8 Å². The third-order valence-electron chi connectivity index (χ3n) is 10.2. The molecule has 0 amide bonds. The van der Waals surface area contributed by atoms with Gasteiger partial charge in [-0.15, -0.1) is 11.3 Å². The number of hydrogen-bond donors (Lipinski definition) is 0. The second-order valence-electron chi connectivity index (χ2n) is 13.3. The average Bonchev–Trinajstić information content (AvgIpc) is 3.63. The predicted octanol–water partition coefficient (Wildman–Crippen LogP) is 13.3. The fourth-order valence-corrected chi connectivity index (χ4v) is 9.19. The van der Waals surface area contributed by atoms with Gasteiger partial charge in [0, 0.05) is 42.4 Å². The van der Waals surface area contributed by atoms with Crippen LogP contribution in [0.15, 0.2) is 152 Å². The first-order valence-corrected chi connectivity index (χ1v) is 17.3. The second-order valence-corrected chi connectivity index (χ2v) is 14.3. The topological polar surface area (TPSA) is 12.5 Å². The molecule has 0 fully saturated rings. The molecule has 1 aliphatic carbocycles. The Balaban J connectivity index is 1.27. The summed E-state index contributed by atoms with van der Waals surface area (Å²) < 4.78 is 9.79. The Labute approximate surface area is 284 Å². The minimum absolute atomic E-state index is 0.168. The molecule has 1 aliphatic heterocycles. The first-order chi connectivity index (χ1) is 23.6. The molecule has 7 aromatic carbocycles. The van der Waals surface area contributed by atoms with Crippen molar-refractivity contribution >= 4 is 48.6 Å². The maximum atomic E-state index is 7.17. The molecule has 0 saturated heterocycles. The van der Waals surface area contributed by atoms with Gasteiger partial charge in [-0.3, -0.25) is 0 Å². The zero-order valence-electron chi connectivity index (χ0n) is 26.7. The minimum atomic E-state index is -0.168. The second kappa shape index (κ2) is 10.2. The van der Waals surface area contributed by atoms with Crippen molar-refractivity contribution in [1.82, 2.24) is 0 Å². The predicted molar refractivity (Wildman–Crippen MR) is 203 cm³/mol. The van der Waals surface area contributed by atoms with Crippen molar-refractivity contribution in [3.8, 4) is 44.9 Å². The molecule has 1 aromatic heterocycles. The lowest BCUT2D eigenvalue weighted by Gasteiger charge is -2.37. The summed E-state index contributed by atoms with van der Waals surface area (Å²) in [6.45, 7) is 4.68. The molecule has 10 rings (SSSR count). The Bertz CT molecular complexity index is 2560. The molecule has 2 heterocycles. The summed E-state index contributed by atoms with van der Waals surface area (Å²) in [7, 11) is 0. The first kappa shape index (κ1) is 27.5. The summed E-state index contributed by atoms with van der Waals surface area (Å²) in [5.41, 5.74) is 12.9. The Kier molecular flexibility index (Phi) is 5.82. The van der Waals surface area contributed by atoms with Gasteiger partial charge in [0.1, 0.15) is 0 Å². The van der Waals surface area contributed by atoms with E-state index < -0.39 is 0 Å². The van der Waals surface area contributed by atoms with E-state index in [0.717, 1.165) is 34.1 Å². The third-order valence-corrected chi connectivity index (χ3v) is 11.5. The van der Waals surface area contributed by atoms with Crippen LogP contribution < -0.4 is 9.64 Å². The van der Waals surface area contributed by atoms with Crippen molar-refractivity contribution in [2.75, 3.05) is 4.90 Å². The molecule has 2 aliphatic rings. The van der Waals surface area contributed by atoms with Crippen LogP contribution in [-0.4, -0.2) is 0 Å². The number of hydrogen-bond acceptors (Lipinski definition) is 3. The summed E-state index contributed by atoms with van der Waals surface area (Å²) in [5.74, 6) is 1.77. The third kappa shape index (κ3) is 3.85. The molecule has 0 saturated carbocycles. The molecule has 0 radical (unpaired) electrons. The minimum Gasteiger partial charge on any atom is -0.452 e. The van der Waals surface area contributed by atoms with E-state index in [-0.39, 0.29) is 5.41 Å². The largest absolute Gasteiger partial charge is 0.452 e. The maximum Gasteiger partial charge on any atom is 0.160 e. The molecule has 228 valence electrons. The van der Waals surface area contributed by atoms with E-state index in [0.29, 0.717) is 0 Å². The van der Waals surface area contributed by atoms with Crippen LogP contribution in [0.2, 0.25) is 0 Å². The van der Waals surface area contributed by atoms with E-state index in [1.165, 1.54) is 59.1 Å². The van der Waals surface area contributed by atoms with Crippen molar-refractivity contribution in [3.63, 3.8) is 0 Å². The van der Waals surface area contributed by atoms with Crippen molar-refractivity contribution in [1.29, 1.82) is 0 Å².